The third-order valence-electron chi connectivity index (χ3n) is 2.59. The molecule has 0 bridgehead atoms. The summed E-state index contributed by atoms with van der Waals surface area (Å²) in [5.41, 5.74) is 5.03. The van der Waals surface area contributed by atoms with Crippen LogP contribution in [0, 0.1) is 11.8 Å². The van der Waals surface area contributed by atoms with E-state index in [0.29, 0.717) is 0 Å². The maximum Gasteiger partial charge on any atom is 0.250 e. The van der Waals surface area contributed by atoms with Gasteiger partial charge in [-0.1, -0.05) is 6.92 Å². The highest BCUT2D eigenvalue weighted by Crippen LogP contribution is 2.40. The number of rotatable bonds is 1. The molecule has 1 aliphatic rings. The Labute approximate surface area is 70.1 Å². The first-order chi connectivity index (χ1) is 5.43. The third-order valence-corrected chi connectivity index (χ3v) is 2.59. The van der Waals surface area contributed by atoms with Gasteiger partial charge in [-0.25, -0.2) is 8.78 Å². The van der Waals surface area contributed by atoms with E-state index in [1.807, 2.05) is 0 Å². The molecule has 2 N–H and O–H groups in total. The van der Waals surface area contributed by atoms with Crippen LogP contribution in [0.3, 0.4) is 0 Å². The molecule has 12 heavy (non-hydrogen) atoms. The molecule has 2 nitrogen and oxygen atoms in total. The lowest BCUT2D eigenvalue weighted by Gasteiger charge is -2.32. The Bertz CT molecular complexity index is 193. The van der Waals surface area contributed by atoms with E-state index in [9.17, 15) is 13.6 Å². The minimum atomic E-state index is -2.61. The fourth-order valence-electron chi connectivity index (χ4n) is 1.59. The van der Waals surface area contributed by atoms with Gasteiger partial charge in [-0.05, 0) is 12.8 Å². The van der Waals surface area contributed by atoms with Crippen LogP contribution in [0.5, 0.6) is 0 Å². The SMILES string of the molecule is CC1CC(C(N)=O)CCC1(F)F. The van der Waals surface area contributed by atoms with Crippen molar-refractivity contribution in [1.82, 2.24) is 0 Å². The molecule has 1 rings (SSSR count). The number of carbonyl (C=O) groups excluding carboxylic acids is 1. The molecule has 0 aromatic carbocycles. The zero-order valence-corrected chi connectivity index (χ0v) is 7.02. The van der Waals surface area contributed by atoms with Gasteiger partial charge in [-0.2, -0.15) is 0 Å². The summed E-state index contributed by atoms with van der Waals surface area (Å²) in [6.45, 7) is 1.47. The molecule has 70 valence electrons. The van der Waals surface area contributed by atoms with Crippen LogP contribution in [0.4, 0.5) is 8.78 Å². The van der Waals surface area contributed by atoms with Crippen molar-refractivity contribution in [1.29, 1.82) is 0 Å². The predicted octanol–water partition coefficient (Wildman–Crippen LogP) is 1.54. The number of carbonyl (C=O) groups is 1. The van der Waals surface area contributed by atoms with E-state index in [1.54, 1.807) is 0 Å². The van der Waals surface area contributed by atoms with E-state index in [1.165, 1.54) is 6.92 Å². The normalized spacial score (nSPS) is 34.6. The van der Waals surface area contributed by atoms with Gasteiger partial charge in [0, 0.05) is 18.3 Å². The fraction of sp³-hybridized carbons (Fsp3) is 0.875. The molecular formula is C8H13F2NO. The van der Waals surface area contributed by atoms with Crippen molar-refractivity contribution in [3.8, 4) is 0 Å². The minimum Gasteiger partial charge on any atom is -0.369 e. The molecule has 0 aliphatic heterocycles. The van der Waals surface area contributed by atoms with E-state index >= 15 is 0 Å². The maximum atomic E-state index is 12.9. The second-order valence-corrected chi connectivity index (χ2v) is 3.54. The van der Waals surface area contributed by atoms with Gasteiger partial charge in [0.15, 0.2) is 0 Å². The lowest BCUT2D eigenvalue weighted by atomic mass is 9.79. The highest BCUT2D eigenvalue weighted by atomic mass is 19.3. The third kappa shape index (κ3) is 1.73. The van der Waals surface area contributed by atoms with Crippen LogP contribution in [0.15, 0.2) is 0 Å². The first-order valence-electron chi connectivity index (χ1n) is 4.10. The number of amides is 1. The van der Waals surface area contributed by atoms with Gasteiger partial charge in [0.05, 0.1) is 0 Å². The molecule has 2 unspecified atom stereocenters. The molecule has 1 saturated carbocycles. The van der Waals surface area contributed by atoms with Gasteiger partial charge in [-0.15, -0.1) is 0 Å². The summed E-state index contributed by atoms with van der Waals surface area (Å²) in [4.78, 5) is 10.7. The summed E-state index contributed by atoms with van der Waals surface area (Å²) >= 11 is 0. The van der Waals surface area contributed by atoms with Gasteiger partial charge in [0.2, 0.25) is 5.91 Å². The van der Waals surface area contributed by atoms with E-state index in [4.69, 9.17) is 5.73 Å². The molecule has 0 aromatic rings. The van der Waals surface area contributed by atoms with E-state index < -0.39 is 17.7 Å². The lowest BCUT2D eigenvalue weighted by molar-refractivity contribution is -0.131. The zero-order chi connectivity index (χ0) is 9.35. The summed E-state index contributed by atoms with van der Waals surface area (Å²) in [7, 11) is 0. The van der Waals surface area contributed by atoms with Crippen LogP contribution >= 0.6 is 0 Å². The van der Waals surface area contributed by atoms with Crippen LogP contribution in [0.1, 0.15) is 26.2 Å². The number of alkyl halides is 2. The Morgan fingerprint density at radius 3 is 2.58 bits per heavy atom. The number of hydrogen-bond acceptors (Lipinski definition) is 1. The second-order valence-electron chi connectivity index (χ2n) is 3.54. The Hall–Kier alpha value is -0.670. The van der Waals surface area contributed by atoms with Crippen molar-refractivity contribution in [2.45, 2.75) is 32.1 Å². The predicted molar refractivity (Wildman–Crippen MR) is 40.6 cm³/mol. The quantitative estimate of drug-likeness (QED) is 0.648. The summed E-state index contributed by atoms with van der Waals surface area (Å²) in [6.07, 6.45) is 0.247. The average Bonchev–Trinajstić information content (AvgIpc) is 1.94. The molecule has 1 fully saturated rings. The molecule has 0 aromatic heterocycles. The average molecular weight is 177 g/mol. The number of nitrogens with two attached hydrogens (primary N) is 1. The van der Waals surface area contributed by atoms with E-state index in [-0.39, 0.29) is 25.2 Å². The standard InChI is InChI=1S/C8H13F2NO/c1-5-4-6(7(11)12)2-3-8(5,9)10/h5-6H,2-4H2,1H3,(H2,11,12). The largest absolute Gasteiger partial charge is 0.369 e. The molecule has 1 aliphatic carbocycles. The smallest absolute Gasteiger partial charge is 0.250 e. The van der Waals surface area contributed by atoms with E-state index in [0.717, 1.165) is 0 Å². The van der Waals surface area contributed by atoms with Gasteiger partial charge >= 0.3 is 0 Å². The number of hydrogen-bond donors (Lipinski definition) is 1. The first-order valence-corrected chi connectivity index (χ1v) is 4.10. The Morgan fingerprint density at radius 1 is 1.58 bits per heavy atom. The van der Waals surface area contributed by atoms with Crippen molar-refractivity contribution in [2.75, 3.05) is 0 Å². The van der Waals surface area contributed by atoms with Crippen LogP contribution in [0.25, 0.3) is 0 Å². The van der Waals surface area contributed by atoms with Crippen molar-refractivity contribution >= 4 is 5.91 Å². The van der Waals surface area contributed by atoms with Gasteiger partial charge in [0.25, 0.3) is 5.92 Å². The van der Waals surface area contributed by atoms with Crippen molar-refractivity contribution in [3.63, 3.8) is 0 Å². The van der Waals surface area contributed by atoms with Crippen LogP contribution in [-0.4, -0.2) is 11.8 Å². The molecular weight excluding hydrogens is 164 g/mol. The molecule has 0 radical (unpaired) electrons. The molecule has 1 amide bonds. The Balaban J connectivity index is 2.58. The monoisotopic (exact) mass is 177 g/mol. The van der Waals surface area contributed by atoms with Gasteiger partial charge < -0.3 is 5.73 Å². The molecule has 0 spiro atoms. The first kappa shape index (κ1) is 9.42. The molecule has 2 atom stereocenters. The van der Waals surface area contributed by atoms with Crippen LogP contribution in [0.2, 0.25) is 0 Å². The van der Waals surface area contributed by atoms with Crippen molar-refractivity contribution in [2.24, 2.45) is 17.6 Å². The summed E-state index contributed by atoms with van der Waals surface area (Å²) in [6, 6.07) is 0. The molecule has 0 saturated heterocycles. The second kappa shape index (κ2) is 2.99. The number of halogens is 2. The Kier molecular flexibility index (Phi) is 2.35. The summed E-state index contributed by atoms with van der Waals surface area (Å²) < 4.78 is 25.8. The van der Waals surface area contributed by atoms with Crippen LogP contribution in [-0.2, 0) is 4.79 Å². The number of primary amides is 1. The zero-order valence-electron chi connectivity index (χ0n) is 7.02. The Morgan fingerprint density at radius 2 is 2.17 bits per heavy atom. The highest BCUT2D eigenvalue weighted by Gasteiger charge is 2.42. The lowest BCUT2D eigenvalue weighted by Crippen LogP contribution is -2.38. The van der Waals surface area contributed by atoms with Crippen LogP contribution < -0.4 is 5.73 Å². The van der Waals surface area contributed by atoms with Crippen molar-refractivity contribution in [3.05, 3.63) is 0 Å². The summed E-state index contributed by atoms with van der Waals surface area (Å²) in [5.74, 6) is -4.12. The van der Waals surface area contributed by atoms with Gasteiger partial charge in [-0.3, -0.25) is 4.79 Å². The maximum absolute atomic E-state index is 12.9. The van der Waals surface area contributed by atoms with Crippen molar-refractivity contribution < 1.29 is 13.6 Å². The molecule has 4 heteroatoms. The van der Waals surface area contributed by atoms with E-state index in [2.05, 4.69) is 0 Å². The topological polar surface area (TPSA) is 43.1 Å². The van der Waals surface area contributed by atoms with Gasteiger partial charge in [0.1, 0.15) is 0 Å². The minimum absolute atomic E-state index is 0.207. The summed E-state index contributed by atoms with van der Waals surface area (Å²) in [5, 5.41) is 0. The fourth-order valence-corrected chi connectivity index (χ4v) is 1.59. The molecule has 0 heterocycles. The highest BCUT2D eigenvalue weighted by molar-refractivity contribution is 5.76.